The zero-order valence-electron chi connectivity index (χ0n) is 12.1. The lowest BCUT2D eigenvalue weighted by atomic mass is 10.1. The van der Waals surface area contributed by atoms with Crippen molar-refractivity contribution in [3.8, 4) is 11.8 Å². The molecule has 0 radical (unpaired) electrons. The second-order valence-corrected chi connectivity index (χ2v) is 4.69. The Morgan fingerprint density at radius 1 is 1.19 bits per heavy atom. The first-order valence-corrected chi connectivity index (χ1v) is 6.67. The summed E-state index contributed by atoms with van der Waals surface area (Å²) in [6.07, 6.45) is 0. The van der Waals surface area contributed by atoms with Crippen LogP contribution in [0.2, 0.25) is 0 Å². The molecule has 0 unspecified atom stereocenters. The minimum Gasteiger partial charge on any atom is -0.384 e. The lowest BCUT2D eigenvalue weighted by molar-refractivity contribution is 0.0993. The van der Waals surface area contributed by atoms with Gasteiger partial charge in [0.1, 0.15) is 6.61 Å². The molecule has 0 aliphatic heterocycles. The fourth-order valence-corrected chi connectivity index (χ4v) is 2.11. The maximum absolute atomic E-state index is 12.6. The van der Waals surface area contributed by atoms with Gasteiger partial charge in [-0.2, -0.15) is 0 Å². The smallest absolute Gasteiger partial charge is 0.258 e. The molecule has 2 aromatic carbocycles. The number of hydrogen-bond acceptors (Lipinski definition) is 2. The summed E-state index contributed by atoms with van der Waals surface area (Å²) >= 11 is 0. The van der Waals surface area contributed by atoms with Gasteiger partial charge in [0.2, 0.25) is 0 Å². The van der Waals surface area contributed by atoms with Crippen molar-refractivity contribution in [2.45, 2.75) is 6.92 Å². The zero-order valence-corrected chi connectivity index (χ0v) is 12.1. The molecule has 0 aliphatic carbocycles. The Labute approximate surface area is 124 Å². The van der Waals surface area contributed by atoms with Crippen LogP contribution in [0, 0.1) is 18.8 Å². The van der Waals surface area contributed by atoms with E-state index in [2.05, 4.69) is 11.8 Å². The number of carbonyl (C=O) groups excluding carboxylic acids is 1. The Kier molecular flexibility index (Phi) is 4.76. The molecule has 0 fully saturated rings. The molecule has 3 nitrogen and oxygen atoms in total. The number of nitrogens with zero attached hydrogens (tertiary/aromatic N) is 1. The normalized spacial score (nSPS) is 9.67. The van der Waals surface area contributed by atoms with Crippen LogP contribution in [0.15, 0.2) is 48.5 Å². The van der Waals surface area contributed by atoms with Gasteiger partial charge in [0.05, 0.1) is 0 Å². The summed E-state index contributed by atoms with van der Waals surface area (Å²) < 4.78 is 0. The van der Waals surface area contributed by atoms with Crippen LogP contribution in [0.3, 0.4) is 0 Å². The lowest BCUT2D eigenvalue weighted by Gasteiger charge is -2.19. The van der Waals surface area contributed by atoms with Crippen molar-refractivity contribution in [3.05, 3.63) is 65.2 Å². The fourth-order valence-electron chi connectivity index (χ4n) is 2.11. The van der Waals surface area contributed by atoms with Gasteiger partial charge in [0, 0.05) is 23.9 Å². The number of aliphatic hydroxyl groups excluding tert-OH is 1. The van der Waals surface area contributed by atoms with E-state index in [1.165, 1.54) is 0 Å². The average molecular weight is 279 g/mol. The standard InChI is InChI=1S/C18H17NO2/c1-14-7-3-4-11-17(14)19(2)18(21)16-10-5-8-15(13-16)9-6-12-20/h3-5,7-8,10-11,13,20H,12H2,1-2H3. The molecule has 2 rings (SSSR count). The predicted octanol–water partition coefficient (Wildman–Crippen LogP) is 2.62. The number of anilines is 1. The van der Waals surface area contributed by atoms with E-state index in [0.29, 0.717) is 11.1 Å². The first-order valence-electron chi connectivity index (χ1n) is 6.67. The molecular formula is C18H17NO2. The largest absolute Gasteiger partial charge is 0.384 e. The average Bonchev–Trinajstić information content (AvgIpc) is 2.52. The van der Waals surface area contributed by atoms with Crippen molar-refractivity contribution in [1.29, 1.82) is 0 Å². The van der Waals surface area contributed by atoms with Gasteiger partial charge >= 0.3 is 0 Å². The highest BCUT2D eigenvalue weighted by Gasteiger charge is 2.14. The number of benzene rings is 2. The van der Waals surface area contributed by atoms with Gasteiger partial charge in [0.25, 0.3) is 5.91 Å². The van der Waals surface area contributed by atoms with Crippen molar-refractivity contribution < 1.29 is 9.90 Å². The van der Waals surface area contributed by atoms with E-state index in [1.54, 1.807) is 30.1 Å². The summed E-state index contributed by atoms with van der Waals surface area (Å²) in [5.41, 5.74) is 3.22. The van der Waals surface area contributed by atoms with E-state index < -0.39 is 0 Å². The van der Waals surface area contributed by atoms with Crippen LogP contribution in [0.4, 0.5) is 5.69 Å². The summed E-state index contributed by atoms with van der Waals surface area (Å²) in [6.45, 7) is 1.78. The van der Waals surface area contributed by atoms with Crippen molar-refractivity contribution in [2.24, 2.45) is 0 Å². The maximum Gasteiger partial charge on any atom is 0.258 e. The van der Waals surface area contributed by atoms with Crippen LogP contribution in [-0.4, -0.2) is 24.7 Å². The minimum absolute atomic E-state index is 0.0862. The SMILES string of the molecule is Cc1ccccc1N(C)C(=O)c1cccc(C#CCO)c1. The number of aryl methyl sites for hydroxylation is 1. The first-order chi connectivity index (χ1) is 10.1. The number of hydrogen-bond donors (Lipinski definition) is 1. The van der Waals surface area contributed by atoms with Gasteiger partial charge in [-0.3, -0.25) is 4.79 Å². The molecule has 0 spiro atoms. The Hall–Kier alpha value is -2.57. The second kappa shape index (κ2) is 6.74. The Balaban J connectivity index is 2.30. The van der Waals surface area contributed by atoms with E-state index in [4.69, 9.17) is 5.11 Å². The molecule has 3 heteroatoms. The van der Waals surface area contributed by atoms with Crippen LogP contribution in [0.25, 0.3) is 0 Å². The van der Waals surface area contributed by atoms with Crippen LogP contribution >= 0.6 is 0 Å². The number of amides is 1. The van der Waals surface area contributed by atoms with Gasteiger partial charge in [-0.25, -0.2) is 0 Å². The number of carbonyl (C=O) groups is 1. The molecule has 1 N–H and O–H groups in total. The van der Waals surface area contributed by atoms with E-state index in [0.717, 1.165) is 11.3 Å². The molecule has 0 aromatic heterocycles. The Bertz CT molecular complexity index is 710. The lowest BCUT2D eigenvalue weighted by Crippen LogP contribution is -2.26. The maximum atomic E-state index is 12.6. The molecule has 0 aliphatic rings. The summed E-state index contributed by atoms with van der Waals surface area (Å²) in [7, 11) is 1.76. The van der Waals surface area contributed by atoms with Crippen LogP contribution < -0.4 is 4.90 Å². The van der Waals surface area contributed by atoms with Crippen molar-refractivity contribution in [3.63, 3.8) is 0 Å². The van der Waals surface area contributed by atoms with Gasteiger partial charge in [-0.1, -0.05) is 36.1 Å². The number of aliphatic hydroxyl groups is 1. The summed E-state index contributed by atoms with van der Waals surface area (Å²) in [6, 6.07) is 14.9. The van der Waals surface area contributed by atoms with Crippen molar-refractivity contribution >= 4 is 11.6 Å². The Morgan fingerprint density at radius 2 is 1.95 bits per heavy atom. The molecule has 0 saturated carbocycles. The minimum atomic E-state index is -0.193. The quantitative estimate of drug-likeness (QED) is 0.858. The van der Waals surface area contributed by atoms with Crippen LogP contribution in [-0.2, 0) is 0 Å². The molecule has 0 bridgehead atoms. The second-order valence-electron chi connectivity index (χ2n) is 4.69. The zero-order chi connectivity index (χ0) is 15.2. The Morgan fingerprint density at radius 3 is 2.67 bits per heavy atom. The topological polar surface area (TPSA) is 40.5 Å². The molecule has 0 atom stereocenters. The number of rotatable bonds is 2. The van der Waals surface area contributed by atoms with Gasteiger partial charge < -0.3 is 10.0 Å². The van der Waals surface area contributed by atoms with Gasteiger partial charge in [-0.15, -0.1) is 0 Å². The summed E-state index contributed by atoms with van der Waals surface area (Å²) in [5.74, 6) is 5.30. The van der Waals surface area contributed by atoms with Crippen molar-refractivity contribution in [1.82, 2.24) is 0 Å². The summed E-state index contributed by atoms with van der Waals surface area (Å²) in [5, 5.41) is 8.72. The highest BCUT2D eigenvalue weighted by Crippen LogP contribution is 2.20. The van der Waals surface area contributed by atoms with E-state index in [9.17, 15) is 4.79 Å². The molecule has 1 amide bonds. The highest BCUT2D eigenvalue weighted by atomic mass is 16.2. The first kappa shape index (κ1) is 14.8. The fraction of sp³-hybridized carbons (Fsp3) is 0.167. The van der Waals surface area contributed by atoms with E-state index >= 15 is 0 Å². The third-order valence-electron chi connectivity index (χ3n) is 3.20. The molecule has 21 heavy (non-hydrogen) atoms. The monoisotopic (exact) mass is 279 g/mol. The number of para-hydroxylation sites is 1. The summed E-state index contributed by atoms with van der Waals surface area (Å²) in [4.78, 5) is 14.2. The molecular weight excluding hydrogens is 262 g/mol. The van der Waals surface area contributed by atoms with Gasteiger partial charge in [0.15, 0.2) is 0 Å². The third kappa shape index (κ3) is 3.50. The highest BCUT2D eigenvalue weighted by molar-refractivity contribution is 6.06. The molecule has 106 valence electrons. The third-order valence-corrected chi connectivity index (χ3v) is 3.20. The van der Waals surface area contributed by atoms with E-state index in [1.807, 2.05) is 37.3 Å². The molecule has 2 aromatic rings. The van der Waals surface area contributed by atoms with Crippen LogP contribution in [0.1, 0.15) is 21.5 Å². The van der Waals surface area contributed by atoms with E-state index in [-0.39, 0.29) is 12.5 Å². The van der Waals surface area contributed by atoms with Crippen LogP contribution in [0.5, 0.6) is 0 Å². The van der Waals surface area contributed by atoms with Crippen molar-refractivity contribution in [2.75, 3.05) is 18.6 Å². The molecule has 0 heterocycles. The predicted molar refractivity (Wildman–Crippen MR) is 84.3 cm³/mol. The molecule has 0 saturated heterocycles. The van der Waals surface area contributed by atoms with Gasteiger partial charge in [-0.05, 0) is 36.8 Å².